The maximum Gasteiger partial charge on any atom is 0.220 e. The fraction of sp³-hybridized carbons (Fsp3) is 0.364. The van der Waals surface area contributed by atoms with Gasteiger partial charge >= 0.3 is 0 Å². The Morgan fingerprint density at radius 3 is 2.54 bits per heavy atom. The number of rotatable bonds is 2. The number of hydrogen-bond acceptors (Lipinski definition) is 2. The zero-order valence-electron chi connectivity index (χ0n) is 7.95. The van der Waals surface area contributed by atoms with E-state index in [0.29, 0.717) is 5.92 Å². The van der Waals surface area contributed by atoms with E-state index in [0.717, 1.165) is 12.0 Å². The van der Waals surface area contributed by atoms with Crippen LogP contribution in [-0.2, 0) is 6.42 Å². The topological polar surface area (TPSA) is 37.3 Å². The summed E-state index contributed by atoms with van der Waals surface area (Å²) in [6, 6.07) is 6.58. The van der Waals surface area contributed by atoms with Gasteiger partial charge in [-0.3, -0.25) is 4.79 Å². The molecule has 2 heteroatoms. The van der Waals surface area contributed by atoms with Crippen LogP contribution in [-0.4, -0.2) is 5.11 Å². The maximum absolute atomic E-state index is 11.2. The predicted molar refractivity (Wildman–Crippen MR) is 52.9 cm³/mol. The molecule has 0 unspecified atom stereocenters. The molecule has 1 N–H and O–H groups in total. The van der Waals surface area contributed by atoms with Crippen molar-refractivity contribution in [2.75, 3.05) is 0 Å². The van der Waals surface area contributed by atoms with Crippen LogP contribution in [0.2, 0.25) is 0 Å². The molecule has 2 nitrogen and oxygen atoms in total. The first-order valence-corrected chi connectivity index (χ1v) is 4.42. The first-order valence-electron chi connectivity index (χ1n) is 4.42. The summed E-state index contributed by atoms with van der Waals surface area (Å²) < 4.78 is 0. The molecule has 0 spiro atoms. The van der Waals surface area contributed by atoms with Gasteiger partial charge in [-0.15, -0.1) is 0 Å². The molecule has 0 radical (unpaired) electrons. The minimum Gasteiger partial charge on any atom is -0.504 e. The third kappa shape index (κ3) is 2.58. The highest BCUT2D eigenvalue weighted by molar-refractivity contribution is 5.30. The summed E-state index contributed by atoms with van der Waals surface area (Å²) in [6.07, 6.45) is 0.732. The van der Waals surface area contributed by atoms with E-state index in [-0.39, 0.29) is 11.2 Å². The van der Waals surface area contributed by atoms with E-state index in [1.54, 1.807) is 18.2 Å². The maximum atomic E-state index is 11.2. The monoisotopic (exact) mass is 178 g/mol. The molecule has 1 rings (SSSR count). The molecule has 1 aromatic rings. The van der Waals surface area contributed by atoms with Crippen molar-refractivity contribution < 1.29 is 5.11 Å². The third-order valence-electron chi connectivity index (χ3n) is 1.82. The van der Waals surface area contributed by atoms with Crippen molar-refractivity contribution in [2.45, 2.75) is 20.3 Å². The molecule has 0 aliphatic heterocycles. The van der Waals surface area contributed by atoms with Crippen molar-refractivity contribution in [1.82, 2.24) is 0 Å². The minimum atomic E-state index is -0.305. The Labute approximate surface area is 77.9 Å². The van der Waals surface area contributed by atoms with Gasteiger partial charge in [-0.1, -0.05) is 32.0 Å². The Balaban J connectivity index is 3.16. The molecule has 1 aromatic carbocycles. The van der Waals surface area contributed by atoms with Gasteiger partial charge in [0.05, 0.1) is 0 Å². The molecule has 0 aliphatic rings. The van der Waals surface area contributed by atoms with Gasteiger partial charge < -0.3 is 5.11 Å². The lowest BCUT2D eigenvalue weighted by Gasteiger charge is -2.03. The molecule has 0 bridgehead atoms. The second-order valence-electron chi connectivity index (χ2n) is 3.55. The highest BCUT2D eigenvalue weighted by atomic mass is 16.3. The normalized spacial score (nSPS) is 10.4. The van der Waals surface area contributed by atoms with Crippen molar-refractivity contribution >= 4 is 0 Å². The second kappa shape index (κ2) is 4.08. The largest absolute Gasteiger partial charge is 0.504 e. The quantitative estimate of drug-likeness (QED) is 0.751. The molecular weight excluding hydrogens is 164 g/mol. The van der Waals surface area contributed by atoms with Gasteiger partial charge in [-0.25, -0.2) is 0 Å². The summed E-state index contributed by atoms with van der Waals surface area (Å²) in [5.74, 6) is 0.325. The van der Waals surface area contributed by atoms with Crippen LogP contribution in [0.3, 0.4) is 0 Å². The van der Waals surface area contributed by atoms with Crippen molar-refractivity contribution in [3.63, 3.8) is 0 Å². The standard InChI is InChI=1S/C11H14O2/c1-8(2)7-9-5-3-4-6-10(12)11(9)13/h3-6,8H,7H2,1-2H3,(H,12,13). The van der Waals surface area contributed by atoms with E-state index in [4.69, 9.17) is 0 Å². The third-order valence-corrected chi connectivity index (χ3v) is 1.82. The number of aromatic hydroxyl groups is 1. The van der Waals surface area contributed by atoms with Crippen molar-refractivity contribution in [2.24, 2.45) is 5.92 Å². The van der Waals surface area contributed by atoms with E-state index in [1.807, 2.05) is 0 Å². The highest BCUT2D eigenvalue weighted by Crippen LogP contribution is 2.14. The zero-order valence-corrected chi connectivity index (χ0v) is 7.95. The number of hydrogen-bond donors (Lipinski definition) is 1. The van der Waals surface area contributed by atoms with Gasteiger partial charge in [0.1, 0.15) is 0 Å². The highest BCUT2D eigenvalue weighted by Gasteiger charge is 2.04. The van der Waals surface area contributed by atoms with Crippen LogP contribution in [0.5, 0.6) is 5.75 Å². The van der Waals surface area contributed by atoms with Crippen molar-refractivity contribution in [3.8, 4) is 5.75 Å². The first kappa shape index (κ1) is 9.78. The molecule has 70 valence electrons. The average Bonchev–Trinajstić information content (AvgIpc) is 2.19. The molecule has 0 aliphatic carbocycles. The fourth-order valence-corrected chi connectivity index (χ4v) is 1.24. The van der Waals surface area contributed by atoms with E-state index in [1.165, 1.54) is 6.07 Å². The minimum absolute atomic E-state index is 0.112. The summed E-state index contributed by atoms with van der Waals surface area (Å²) in [5.41, 5.74) is 0.422. The summed E-state index contributed by atoms with van der Waals surface area (Å²) in [7, 11) is 0. The smallest absolute Gasteiger partial charge is 0.220 e. The summed E-state index contributed by atoms with van der Waals surface area (Å²) in [5, 5.41) is 9.49. The Bertz CT molecular complexity index is 342. The fourth-order valence-electron chi connectivity index (χ4n) is 1.24. The van der Waals surface area contributed by atoms with Gasteiger partial charge in [-0.05, 0) is 24.0 Å². The zero-order chi connectivity index (χ0) is 9.84. The molecule has 13 heavy (non-hydrogen) atoms. The summed E-state index contributed by atoms with van der Waals surface area (Å²) >= 11 is 0. The molecule has 0 saturated carbocycles. The lowest BCUT2D eigenvalue weighted by atomic mass is 10.0. The lowest BCUT2D eigenvalue weighted by molar-refractivity contribution is 0.458. The van der Waals surface area contributed by atoms with E-state index < -0.39 is 0 Å². The van der Waals surface area contributed by atoms with Crippen LogP contribution in [0.1, 0.15) is 19.4 Å². The molecule has 0 atom stereocenters. The molecule has 0 aromatic heterocycles. The van der Waals surface area contributed by atoms with Gasteiger partial charge in [0.15, 0.2) is 5.75 Å². The molecule has 0 heterocycles. The van der Waals surface area contributed by atoms with Gasteiger partial charge in [-0.2, -0.15) is 0 Å². The van der Waals surface area contributed by atoms with Crippen LogP contribution >= 0.6 is 0 Å². The van der Waals surface area contributed by atoms with Crippen LogP contribution < -0.4 is 5.43 Å². The lowest BCUT2D eigenvalue weighted by Crippen LogP contribution is -2.00. The van der Waals surface area contributed by atoms with Crippen LogP contribution in [0.15, 0.2) is 29.1 Å². The van der Waals surface area contributed by atoms with E-state index in [2.05, 4.69) is 13.8 Å². The first-order chi connectivity index (χ1) is 6.11. The molecule has 0 saturated heterocycles. The Morgan fingerprint density at radius 1 is 1.31 bits per heavy atom. The van der Waals surface area contributed by atoms with Gasteiger partial charge in [0.25, 0.3) is 0 Å². The molecule has 0 fully saturated rings. The van der Waals surface area contributed by atoms with Crippen molar-refractivity contribution in [1.29, 1.82) is 0 Å². The molecule has 0 amide bonds. The molecular formula is C11H14O2. The SMILES string of the molecule is CC(C)Cc1ccccc(=O)c1O. The van der Waals surface area contributed by atoms with Crippen LogP contribution in [0, 0.1) is 5.92 Å². The average molecular weight is 178 g/mol. The van der Waals surface area contributed by atoms with Crippen molar-refractivity contribution in [3.05, 3.63) is 40.1 Å². The van der Waals surface area contributed by atoms with Crippen LogP contribution in [0.4, 0.5) is 0 Å². The summed E-state index contributed by atoms with van der Waals surface area (Å²) in [6.45, 7) is 4.10. The second-order valence-corrected chi connectivity index (χ2v) is 3.55. The summed E-state index contributed by atoms with van der Waals surface area (Å²) in [4.78, 5) is 11.2. The Hall–Kier alpha value is -1.31. The Morgan fingerprint density at radius 2 is 1.92 bits per heavy atom. The predicted octanol–water partition coefficient (Wildman–Crippen LogP) is 1.95. The van der Waals surface area contributed by atoms with E-state index >= 15 is 0 Å². The van der Waals surface area contributed by atoms with Gasteiger partial charge in [0.2, 0.25) is 5.43 Å². The van der Waals surface area contributed by atoms with Gasteiger partial charge in [0, 0.05) is 0 Å². The Kier molecular flexibility index (Phi) is 3.07. The van der Waals surface area contributed by atoms with E-state index in [9.17, 15) is 9.90 Å². The van der Waals surface area contributed by atoms with Crippen LogP contribution in [0.25, 0.3) is 0 Å².